The Morgan fingerprint density at radius 1 is 1.37 bits per heavy atom. The van der Waals surface area contributed by atoms with E-state index in [-0.39, 0.29) is 5.82 Å². The van der Waals surface area contributed by atoms with Crippen molar-refractivity contribution in [2.24, 2.45) is 0 Å². The molecule has 100 valence electrons. The van der Waals surface area contributed by atoms with Crippen molar-refractivity contribution in [3.05, 3.63) is 40.2 Å². The summed E-state index contributed by atoms with van der Waals surface area (Å²) in [5.74, 6) is 0.879. The molecule has 0 amide bonds. The molecule has 2 aromatic rings. The van der Waals surface area contributed by atoms with Gasteiger partial charge in [0, 0.05) is 24.0 Å². The Labute approximate surface area is 119 Å². The fourth-order valence-electron chi connectivity index (χ4n) is 1.57. The van der Waals surface area contributed by atoms with Crippen LogP contribution in [0.4, 0.5) is 21.8 Å². The first-order valence-electron chi connectivity index (χ1n) is 5.90. The van der Waals surface area contributed by atoms with Gasteiger partial charge in [0.15, 0.2) is 0 Å². The second kappa shape index (κ2) is 5.97. The SMILES string of the molecule is CCNc1ncc(Br)c(Nc2cccc(F)c2C)n1. The van der Waals surface area contributed by atoms with E-state index in [0.717, 1.165) is 11.0 Å². The van der Waals surface area contributed by atoms with Crippen LogP contribution >= 0.6 is 15.9 Å². The molecule has 0 radical (unpaired) electrons. The Hall–Kier alpha value is -1.69. The Bertz CT molecular complexity index is 589. The molecule has 2 N–H and O–H groups in total. The fraction of sp³-hybridized carbons (Fsp3) is 0.231. The van der Waals surface area contributed by atoms with Crippen molar-refractivity contribution < 1.29 is 4.39 Å². The summed E-state index contributed by atoms with van der Waals surface area (Å²) < 4.78 is 14.2. The first-order chi connectivity index (χ1) is 9.11. The van der Waals surface area contributed by atoms with E-state index in [4.69, 9.17) is 0 Å². The van der Waals surface area contributed by atoms with Crippen LogP contribution in [0.3, 0.4) is 0 Å². The van der Waals surface area contributed by atoms with E-state index in [1.54, 1.807) is 25.3 Å². The third kappa shape index (κ3) is 3.20. The van der Waals surface area contributed by atoms with E-state index in [2.05, 4.69) is 36.5 Å². The molecule has 0 atom stereocenters. The highest BCUT2D eigenvalue weighted by Gasteiger charge is 2.08. The number of halogens is 2. The fourth-order valence-corrected chi connectivity index (χ4v) is 1.86. The highest BCUT2D eigenvalue weighted by atomic mass is 79.9. The number of hydrogen-bond acceptors (Lipinski definition) is 4. The molecule has 0 spiro atoms. The van der Waals surface area contributed by atoms with Gasteiger partial charge in [0.25, 0.3) is 0 Å². The van der Waals surface area contributed by atoms with E-state index in [9.17, 15) is 4.39 Å². The zero-order chi connectivity index (χ0) is 13.8. The number of hydrogen-bond donors (Lipinski definition) is 2. The van der Waals surface area contributed by atoms with E-state index in [1.807, 2.05) is 6.92 Å². The summed E-state index contributed by atoms with van der Waals surface area (Å²) in [6, 6.07) is 4.89. The van der Waals surface area contributed by atoms with Gasteiger partial charge in [-0.15, -0.1) is 0 Å². The van der Waals surface area contributed by atoms with E-state index < -0.39 is 0 Å². The lowest BCUT2D eigenvalue weighted by Gasteiger charge is -2.11. The van der Waals surface area contributed by atoms with Crippen LogP contribution in [0.5, 0.6) is 0 Å². The molecule has 2 rings (SSSR count). The summed E-state index contributed by atoms with van der Waals surface area (Å²) >= 11 is 3.37. The summed E-state index contributed by atoms with van der Waals surface area (Å²) in [4.78, 5) is 8.45. The number of aromatic nitrogens is 2. The van der Waals surface area contributed by atoms with Gasteiger partial charge in [-0.25, -0.2) is 9.37 Å². The average Bonchev–Trinajstić information content (AvgIpc) is 2.39. The maximum absolute atomic E-state index is 13.5. The van der Waals surface area contributed by atoms with Crippen molar-refractivity contribution in [1.29, 1.82) is 0 Å². The van der Waals surface area contributed by atoms with Crippen molar-refractivity contribution in [2.75, 3.05) is 17.2 Å². The topological polar surface area (TPSA) is 49.8 Å². The first kappa shape index (κ1) is 13.7. The second-order valence-corrected chi connectivity index (χ2v) is 4.81. The molecule has 19 heavy (non-hydrogen) atoms. The molecule has 0 unspecified atom stereocenters. The molecule has 1 heterocycles. The highest BCUT2D eigenvalue weighted by molar-refractivity contribution is 9.10. The Morgan fingerprint density at radius 3 is 2.89 bits per heavy atom. The third-order valence-electron chi connectivity index (χ3n) is 2.60. The molecule has 1 aromatic heterocycles. The molecule has 0 aliphatic heterocycles. The van der Waals surface area contributed by atoms with E-state index in [1.165, 1.54) is 6.07 Å². The number of benzene rings is 1. The minimum atomic E-state index is -0.248. The molecule has 0 aliphatic rings. The van der Waals surface area contributed by atoms with Gasteiger partial charge in [0.1, 0.15) is 11.6 Å². The standard InChI is InChI=1S/C13H14BrFN4/c1-3-16-13-17-7-9(14)12(19-13)18-11-6-4-5-10(15)8(11)2/h4-7H,3H2,1-2H3,(H2,16,17,18,19). The largest absolute Gasteiger partial charge is 0.354 e. The molecule has 0 fully saturated rings. The number of rotatable bonds is 4. The molecule has 0 bridgehead atoms. The molecule has 0 saturated heterocycles. The number of nitrogens with one attached hydrogen (secondary N) is 2. The van der Waals surface area contributed by atoms with Crippen LogP contribution in [-0.4, -0.2) is 16.5 Å². The van der Waals surface area contributed by atoms with Gasteiger partial charge in [0.05, 0.1) is 4.47 Å². The smallest absolute Gasteiger partial charge is 0.224 e. The Morgan fingerprint density at radius 2 is 2.16 bits per heavy atom. The Kier molecular flexibility index (Phi) is 4.31. The minimum absolute atomic E-state index is 0.248. The number of anilines is 3. The zero-order valence-electron chi connectivity index (χ0n) is 10.7. The predicted octanol–water partition coefficient (Wildman–Crippen LogP) is 3.86. The van der Waals surface area contributed by atoms with Gasteiger partial charge in [-0.3, -0.25) is 0 Å². The molecular formula is C13H14BrFN4. The first-order valence-corrected chi connectivity index (χ1v) is 6.69. The van der Waals surface area contributed by atoms with Crippen LogP contribution in [0.2, 0.25) is 0 Å². The van der Waals surface area contributed by atoms with Gasteiger partial charge >= 0.3 is 0 Å². The maximum atomic E-state index is 13.5. The van der Waals surface area contributed by atoms with Crippen molar-refractivity contribution in [2.45, 2.75) is 13.8 Å². The van der Waals surface area contributed by atoms with Crippen molar-refractivity contribution in [3.63, 3.8) is 0 Å². The minimum Gasteiger partial charge on any atom is -0.354 e. The lowest BCUT2D eigenvalue weighted by atomic mass is 10.2. The van der Waals surface area contributed by atoms with E-state index >= 15 is 0 Å². The van der Waals surface area contributed by atoms with Crippen LogP contribution in [-0.2, 0) is 0 Å². The predicted molar refractivity (Wildman–Crippen MR) is 78.3 cm³/mol. The highest BCUT2D eigenvalue weighted by Crippen LogP contribution is 2.26. The molecule has 0 aliphatic carbocycles. The van der Waals surface area contributed by atoms with Crippen LogP contribution in [0.15, 0.2) is 28.9 Å². The van der Waals surface area contributed by atoms with Crippen LogP contribution in [0.25, 0.3) is 0 Å². The monoisotopic (exact) mass is 324 g/mol. The van der Waals surface area contributed by atoms with Gasteiger partial charge in [-0.05, 0) is 41.9 Å². The zero-order valence-corrected chi connectivity index (χ0v) is 12.3. The molecule has 6 heteroatoms. The van der Waals surface area contributed by atoms with Crippen molar-refractivity contribution in [3.8, 4) is 0 Å². The van der Waals surface area contributed by atoms with Crippen molar-refractivity contribution in [1.82, 2.24) is 9.97 Å². The van der Waals surface area contributed by atoms with Crippen LogP contribution in [0.1, 0.15) is 12.5 Å². The quantitative estimate of drug-likeness (QED) is 0.896. The van der Waals surface area contributed by atoms with E-state index in [0.29, 0.717) is 23.0 Å². The van der Waals surface area contributed by atoms with Gasteiger partial charge in [0.2, 0.25) is 5.95 Å². The number of nitrogens with zero attached hydrogens (tertiary/aromatic N) is 2. The average molecular weight is 325 g/mol. The molecule has 1 aromatic carbocycles. The summed E-state index contributed by atoms with van der Waals surface area (Å²) in [7, 11) is 0. The molecular weight excluding hydrogens is 311 g/mol. The normalized spacial score (nSPS) is 10.3. The summed E-state index contributed by atoms with van der Waals surface area (Å²) in [6.45, 7) is 4.42. The maximum Gasteiger partial charge on any atom is 0.224 e. The second-order valence-electron chi connectivity index (χ2n) is 3.96. The molecule has 4 nitrogen and oxygen atoms in total. The lowest BCUT2D eigenvalue weighted by molar-refractivity contribution is 0.619. The Balaban J connectivity index is 2.32. The summed E-state index contributed by atoms with van der Waals surface area (Å²) in [6.07, 6.45) is 1.65. The van der Waals surface area contributed by atoms with Crippen LogP contribution in [0, 0.1) is 12.7 Å². The van der Waals surface area contributed by atoms with Crippen molar-refractivity contribution >= 4 is 33.4 Å². The molecule has 0 saturated carbocycles. The van der Waals surface area contributed by atoms with Gasteiger partial charge in [-0.1, -0.05) is 6.07 Å². The third-order valence-corrected chi connectivity index (χ3v) is 3.18. The van der Waals surface area contributed by atoms with Gasteiger partial charge < -0.3 is 10.6 Å². The van der Waals surface area contributed by atoms with Gasteiger partial charge in [-0.2, -0.15) is 4.98 Å². The summed E-state index contributed by atoms with van der Waals surface area (Å²) in [5.41, 5.74) is 1.24. The summed E-state index contributed by atoms with van der Waals surface area (Å²) in [5, 5.41) is 6.13. The lowest BCUT2D eigenvalue weighted by Crippen LogP contribution is -2.05. The van der Waals surface area contributed by atoms with Crippen LogP contribution < -0.4 is 10.6 Å².